The van der Waals surface area contributed by atoms with E-state index in [1.54, 1.807) is 17.4 Å². The van der Waals surface area contributed by atoms with Gasteiger partial charge in [-0.15, -0.1) is 11.3 Å². The van der Waals surface area contributed by atoms with Gasteiger partial charge in [-0.1, -0.05) is 6.92 Å². The molecule has 1 N–H and O–H groups in total. The van der Waals surface area contributed by atoms with Crippen molar-refractivity contribution in [1.82, 2.24) is 5.32 Å². The highest BCUT2D eigenvalue weighted by atomic mass is 79.9. The molecule has 0 saturated heterocycles. The molecule has 0 aliphatic heterocycles. The second-order valence-electron chi connectivity index (χ2n) is 3.80. The lowest BCUT2D eigenvalue weighted by Crippen LogP contribution is -2.21. The molecule has 0 aromatic carbocycles. The average Bonchev–Trinajstić information content (AvgIpc) is 2.88. The number of nitrogens with one attached hydrogen (secondary N) is 1. The number of rotatable bonds is 5. The van der Waals surface area contributed by atoms with Gasteiger partial charge >= 0.3 is 0 Å². The molecule has 18 heavy (non-hydrogen) atoms. The largest absolute Gasteiger partial charge is 0.448 e. The molecular formula is C12H12Br2ClNOS. The number of halogens is 3. The van der Waals surface area contributed by atoms with Gasteiger partial charge in [0.2, 0.25) is 0 Å². The standard InChI is InChI=1S/C12H12Br2ClNOS/c1-2-5-16-11(8-3-4-10(15)17-8)9-6-7(13)12(14)18-9/h3-4,6,11,16H,2,5H2,1H3. The minimum Gasteiger partial charge on any atom is -0.448 e. The Morgan fingerprint density at radius 2 is 2.22 bits per heavy atom. The van der Waals surface area contributed by atoms with Crippen LogP contribution in [0.25, 0.3) is 0 Å². The van der Waals surface area contributed by atoms with Crippen molar-refractivity contribution in [2.24, 2.45) is 0 Å². The van der Waals surface area contributed by atoms with Crippen molar-refractivity contribution in [3.05, 3.63) is 42.3 Å². The first-order chi connectivity index (χ1) is 8.61. The fraction of sp³-hybridized carbons (Fsp3) is 0.333. The van der Waals surface area contributed by atoms with Crippen LogP contribution < -0.4 is 5.32 Å². The smallest absolute Gasteiger partial charge is 0.193 e. The molecule has 0 aliphatic rings. The first-order valence-corrected chi connectivity index (χ1v) is 8.33. The molecule has 0 bridgehead atoms. The minimum absolute atomic E-state index is 0.0463. The lowest BCUT2D eigenvalue weighted by Gasteiger charge is -2.14. The zero-order valence-electron chi connectivity index (χ0n) is 9.67. The van der Waals surface area contributed by atoms with Gasteiger partial charge in [0.15, 0.2) is 5.22 Å². The van der Waals surface area contributed by atoms with Crippen LogP contribution in [-0.4, -0.2) is 6.54 Å². The summed E-state index contributed by atoms with van der Waals surface area (Å²) in [6.45, 7) is 3.07. The summed E-state index contributed by atoms with van der Waals surface area (Å²) in [6, 6.07) is 5.83. The number of hydrogen-bond acceptors (Lipinski definition) is 3. The summed E-state index contributed by atoms with van der Waals surface area (Å²) >= 11 is 14.6. The number of hydrogen-bond donors (Lipinski definition) is 1. The van der Waals surface area contributed by atoms with Gasteiger partial charge in [0.25, 0.3) is 0 Å². The third-order valence-corrected chi connectivity index (χ3v) is 5.95. The van der Waals surface area contributed by atoms with Gasteiger partial charge < -0.3 is 9.73 Å². The lowest BCUT2D eigenvalue weighted by molar-refractivity contribution is 0.451. The second kappa shape index (κ2) is 6.57. The zero-order valence-corrected chi connectivity index (χ0v) is 14.4. The normalized spacial score (nSPS) is 12.9. The van der Waals surface area contributed by atoms with E-state index >= 15 is 0 Å². The summed E-state index contributed by atoms with van der Waals surface area (Å²) in [6.07, 6.45) is 1.07. The zero-order chi connectivity index (χ0) is 13.1. The van der Waals surface area contributed by atoms with Crippen molar-refractivity contribution in [2.75, 3.05) is 6.54 Å². The van der Waals surface area contributed by atoms with Gasteiger partial charge in [-0.05, 0) is 74.6 Å². The Bertz CT molecular complexity index is 506. The number of thiophene rings is 1. The molecule has 1 atom stereocenters. The topological polar surface area (TPSA) is 25.2 Å². The Kier molecular flexibility index (Phi) is 5.33. The molecule has 2 heterocycles. The Balaban J connectivity index is 2.30. The van der Waals surface area contributed by atoms with Crippen molar-refractivity contribution >= 4 is 54.8 Å². The molecule has 2 aromatic rings. The van der Waals surface area contributed by atoms with Gasteiger partial charge in [0, 0.05) is 9.35 Å². The molecular weight excluding hydrogens is 401 g/mol. The van der Waals surface area contributed by atoms with Crippen molar-refractivity contribution in [2.45, 2.75) is 19.4 Å². The van der Waals surface area contributed by atoms with Crippen LogP contribution >= 0.6 is 54.8 Å². The quantitative estimate of drug-likeness (QED) is 0.689. The molecule has 2 nitrogen and oxygen atoms in total. The Labute approximate surface area is 132 Å². The number of furan rings is 1. The molecule has 1 unspecified atom stereocenters. The fourth-order valence-corrected chi connectivity index (χ4v) is 3.94. The fourth-order valence-electron chi connectivity index (χ4n) is 1.62. The van der Waals surface area contributed by atoms with Crippen LogP contribution in [0.4, 0.5) is 0 Å². The predicted molar refractivity (Wildman–Crippen MR) is 83.6 cm³/mol. The van der Waals surface area contributed by atoms with E-state index in [-0.39, 0.29) is 6.04 Å². The van der Waals surface area contributed by atoms with Crippen LogP contribution in [0.2, 0.25) is 5.22 Å². The monoisotopic (exact) mass is 411 g/mol. The molecule has 0 spiro atoms. The van der Waals surface area contributed by atoms with Crippen molar-refractivity contribution in [1.29, 1.82) is 0 Å². The molecule has 0 radical (unpaired) electrons. The molecule has 0 aliphatic carbocycles. The average molecular weight is 414 g/mol. The van der Waals surface area contributed by atoms with E-state index in [2.05, 4.69) is 50.2 Å². The van der Waals surface area contributed by atoms with Crippen LogP contribution in [0, 0.1) is 0 Å². The first kappa shape index (κ1) is 14.6. The van der Waals surface area contributed by atoms with E-state index in [4.69, 9.17) is 16.0 Å². The summed E-state index contributed by atoms with van der Waals surface area (Å²) in [7, 11) is 0. The second-order valence-corrected chi connectivity index (χ2v) is 7.43. The Morgan fingerprint density at radius 1 is 1.44 bits per heavy atom. The molecule has 0 fully saturated rings. The van der Waals surface area contributed by atoms with E-state index in [1.165, 1.54) is 4.88 Å². The van der Waals surface area contributed by atoms with Crippen LogP contribution in [0.5, 0.6) is 0 Å². The van der Waals surface area contributed by atoms with Crippen molar-refractivity contribution < 1.29 is 4.42 Å². The van der Waals surface area contributed by atoms with Crippen LogP contribution in [-0.2, 0) is 0 Å². The molecule has 98 valence electrons. The predicted octanol–water partition coefficient (Wildman–Crippen LogP) is 5.61. The summed E-state index contributed by atoms with van der Waals surface area (Å²) in [4.78, 5) is 1.19. The van der Waals surface area contributed by atoms with E-state index in [0.717, 1.165) is 27.0 Å². The molecule has 6 heteroatoms. The van der Waals surface area contributed by atoms with Gasteiger partial charge in [-0.3, -0.25) is 0 Å². The summed E-state index contributed by atoms with van der Waals surface area (Å²) in [5, 5.41) is 3.89. The maximum Gasteiger partial charge on any atom is 0.193 e. The Morgan fingerprint density at radius 3 is 2.72 bits per heavy atom. The van der Waals surface area contributed by atoms with Crippen LogP contribution in [0.15, 0.2) is 30.9 Å². The van der Waals surface area contributed by atoms with Gasteiger partial charge in [-0.25, -0.2) is 0 Å². The van der Waals surface area contributed by atoms with Crippen molar-refractivity contribution in [3.8, 4) is 0 Å². The summed E-state index contributed by atoms with van der Waals surface area (Å²) in [5.41, 5.74) is 0. The van der Waals surface area contributed by atoms with E-state index in [9.17, 15) is 0 Å². The lowest BCUT2D eigenvalue weighted by atomic mass is 10.2. The maximum atomic E-state index is 5.85. The maximum absolute atomic E-state index is 5.85. The molecule has 2 aromatic heterocycles. The summed E-state index contributed by atoms with van der Waals surface area (Å²) < 4.78 is 7.67. The van der Waals surface area contributed by atoms with Gasteiger partial charge in [0.1, 0.15) is 11.8 Å². The van der Waals surface area contributed by atoms with Crippen LogP contribution in [0.3, 0.4) is 0 Å². The highest BCUT2D eigenvalue weighted by Gasteiger charge is 2.20. The van der Waals surface area contributed by atoms with Gasteiger partial charge in [-0.2, -0.15) is 0 Å². The van der Waals surface area contributed by atoms with Crippen molar-refractivity contribution in [3.63, 3.8) is 0 Å². The highest BCUT2D eigenvalue weighted by molar-refractivity contribution is 9.13. The third-order valence-electron chi connectivity index (χ3n) is 2.43. The van der Waals surface area contributed by atoms with E-state index in [0.29, 0.717) is 5.22 Å². The molecule has 2 rings (SSSR count). The third kappa shape index (κ3) is 3.39. The molecule has 0 amide bonds. The SMILES string of the molecule is CCCNC(c1ccc(Cl)o1)c1cc(Br)c(Br)s1. The first-order valence-electron chi connectivity index (χ1n) is 5.55. The highest BCUT2D eigenvalue weighted by Crippen LogP contribution is 2.38. The van der Waals surface area contributed by atoms with E-state index < -0.39 is 0 Å². The van der Waals surface area contributed by atoms with Gasteiger partial charge in [0.05, 0.1) is 3.79 Å². The Hall–Kier alpha value is 0.190. The molecule has 0 saturated carbocycles. The summed E-state index contributed by atoms with van der Waals surface area (Å²) in [5.74, 6) is 0.842. The van der Waals surface area contributed by atoms with Crippen LogP contribution in [0.1, 0.15) is 30.0 Å². The van der Waals surface area contributed by atoms with E-state index in [1.807, 2.05) is 6.07 Å². The minimum atomic E-state index is 0.0463.